The van der Waals surface area contributed by atoms with Gasteiger partial charge in [-0.25, -0.2) is 23.2 Å². The first-order chi connectivity index (χ1) is 22.1. The normalized spacial score (nSPS) is 16.4. The number of benzene rings is 1. The Morgan fingerprint density at radius 1 is 0.957 bits per heavy atom. The van der Waals surface area contributed by atoms with Crippen LogP contribution in [-0.2, 0) is 23.9 Å². The molecule has 1 aromatic carbocycles. The molecule has 2 amide bonds. The van der Waals surface area contributed by atoms with Crippen molar-refractivity contribution in [3.8, 4) is 34.0 Å². The summed E-state index contributed by atoms with van der Waals surface area (Å²) >= 11 is 0. The Morgan fingerprint density at radius 3 is 2.28 bits per heavy atom. The van der Waals surface area contributed by atoms with Gasteiger partial charge in [0.25, 0.3) is 0 Å². The summed E-state index contributed by atoms with van der Waals surface area (Å²) in [7, 11) is 0.115. The number of anilines is 3. The minimum atomic E-state index is -3.57. The summed E-state index contributed by atoms with van der Waals surface area (Å²) in [6.07, 6.45) is 4.20. The number of aryl methyl sites for hydroxylation is 2. The highest BCUT2D eigenvalue weighted by Crippen LogP contribution is 2.41. The molecular formula is C32H34N10O3S. The number of fused-ring (bicyclic) bond motifs is 4. The highest BCUT2D eigenvalue weighted by atomic mass is 32.2. The van der Waals surface area contributed by atoms with E-state index in [0.717, 1.165) is 30.0 Å². The number of pyridine rings is 2. The summed E-state index contributed by atoms with van der Waals surface area (Å²) in [5.41, 5.74) is 11.3. The van der Waals surface area contributed by atoms with Gasteiger partial charge in [-0.15, -0.1) is 0 Å². The van der Waals surface area contributed by atoms with Gasteiger partial charge in [0, 0.05) is 56.9 Å². The number of nitrogens with one attached hydrogen (secondary N) is 1. The first-order valence-electron chi connectivity index (χ1n) is 15.0. The third kappa shape index (κ3) is 5.39. The van der Waals surface area contributed by atoms with Gasteiger partial charge in [-0.2, -0.15) is 10.2 Å². The zero-order chi connectivity index (χ0) is 32.2. The number of rotatable bonds is 7. The smallest absolute Gasteiger partial charge is 0.327 e. The molecule has 46 heavy (non-hydrogen) atoms. The van der Waals surface area contributed by atoms with Crippen molar-refractivity contribution >= 4 is 33.1 Å². The SMILES string of the molecule is C[C@@H](N)CS(=O)(=O)c1cccc(-c2ccc3c(n2)N(C(=O)Nc2cc(-c4ccnn4C)nc(-c4ccnn4C)c2)[C@@H]2CCN3C2)c1. The van der Waals surface area contributed by atoms with Crippen LogP contribution in [0.15, 0.2) is 78.0 Å². The molecule has 236 valence electrons. The van der Waals surface area contributed by atoms with Gasteiger partial charge in [-0.3, -0.25) is 14.3 Å². The molecule has 0 radical (unpaired) electrons. The Balaban J connectivity index is 1.25. The van der Waals surface area contributed by atoms with Crippen LogP contribution in [0.25, 0.3) is 34.0 Å². The van der Waals surface area contributed by atoms with Crippen molar-refractivity contribution in [2.45, 2.75) is 30.3 Å². The van der Waals surface area contributed by atoms with Gasteiger partial charge in [-0.1, -0.05) is 12.1 Å². The first-order valence-corrected chi connectivity index (χ1v) is 16.7. The van der Waals surface area contributed by atoms with E-state index < -0.39 is 15.9 Å². The second-order valence-electron chi connectivity index (χ2n) is 11.8. The van der Waals surface area contributed by atoms with Gasteiger partial charge in [0.2, 0.25) is 0 Å². The van der Waals surface area contributed by atoms with Crippen LogP contribution in [0.2, 0.25) is 0 Å². The van der Waals surface area contributed by atoms with E-state index in [1.165, 1.54) is 0 Å². The van der Waals surface area contributed by atoms with E-state index >= 15 is 0 Å². The zero-order valence-electron chi connectivity index (χ0n) is 25.7. The number of amides is 2. The first kappa shape index (κ1) is 29.6. The van der Waals surface area contributed by atoms with Crippen LogP contribution in [0.5, 0.6) is 0 Å². The predicted molar refractivity (Wildman–Crippen MR) is 176 cm³/mol. The van der Waals surface area contributed by atoms with Crippen molar-refractivity contribution in [1.29, 1.82) is 0 Å². The monoisotopic (exact) mass is 638 g/mol. The molecule has 1 saturated heterocycles. The van der Waals surface area contributed by atoms with Crippen molar-refractivity contribution < 1.29 is 13.2 Å². The summed E-state index contributed by atoms with van der Waals surface area (Å²) in [6.45, 7) is 3.17. The van der Waals surface area contributed by atoms with Crippen LogP contribution >= 0.6 is 0 Å². The number of hydrogen-bond acceptors (Lipinski definition) is 9. The van der Waals surface area contributed by atoms with E-state index in [0.29, 0.717) is 40.7 Å². The molecule has 4 aromatic heterocycles. The van der Waals surface area contributed by atoms with Gasteiger partial charge in [0.05, 0.1) is 50.8 Å². The van der Waals surface area contributed by atoms with Gasteiger partial charge in [0.1, 0.15) is 0 Å². The fourth-order valence-corrected chi connectivity index (χ4v) is 7.70. The molecular weight excluding hydrogens is 604 g/mol. The Labute approximate surface area is 266 Å². The fourth-order valence-electron chi connectivity index (χ4n) is 6.22. The number of hydrogen-bond donors (Lipinski definition) is 2. The van der Waals surface area contributed by atoms with Crippen LogP contribution in [0.1, 0.15) is 13.3 Å². The minimum absolute atomic E-state index is 0.0806. The van der Waals surface area contributed by atoms with E-state index in [9.17, 15) is 13.2 Å². The molecule has 2 aliphatic heterocycles. The molecule has 6 heterocycles. The Morgan fingerprint density at radius 2 is 1.65 bits per heavy atom. The number of nitrogens with two attached hydrogens (primary N) is 1. The molecule has 0 spiro atoms. The van der Waals surface area contributed by atoms with Crippen molar-refractivity contribution in [1.82, 2.24) is 29.5 Å². The minimum Gasteiger partial charge on any atom is -0.366 e. The summed E-state index contributed by atoms with van der Waals surface area (Å²) in [5, 5.41) is 11.7. The van der Waals surface area contributed by atoms with E-state index in [4.69, 9.17) is 15.7 Å². The quantitative estimate of drug-likeness (QED) is 0.271. The van der Waals surface area contributed by atoms with Crippen molar-refractivity contribution in [2.75, 3.05) is 34.0 Å². The summed E-state index contributed by atoms with van der Waals surface area (Å²) in [5.74, 6) is 0.374. The fraction of sp³-hybridized carbons (Fsp3) is 0.281. The average molecular weight is 639 g/mol. The third-order valence-corrected chi connectivity index (χ3v) is 10.3. The maximum atomic E-state index is 14.2. The van der Waals surface area contributed by atoms with Crippen molar-refractivity contribution in [3.63, 3.8) is 0 Å². The molecule has 7 rings (SSSR count). The standard InChI is InChI=1S/C32H34N10O3S/c1-20(33)19-46(44,45)24-6-4-5-21(15-24)25-7-8-30-31(38-25)42(23-11-14-41(30)18-23)32(43)36-22-16-26(28-9-12-34-39(28)2)37-27(17-22)29-10-13-35-40(29)3/h4-10,12-13,15-17,20,23H,11,14,18-19,33H2,1-3H3,(H,36,37,43)/t20-,23-/m1/s1. The van der Waals surface area contributed by atoms with Gasteiger partial charge < -0.3 is 16.0 Å². The number of carbonyl (C=O) groups is 1. The van der Waals surface area contributed by atoms with E-state index in [1.54, 1.807) is 51.8 Å². The second kappa shape index (κ2) is 11.4. The molecule has 0 saturated carbocycles. The lowest BCUT2D eigenvalue weighted by molar-refractivity contribution is 0.255. The lowest BCUT2D eigenvalue weighted by atomic mass is 10.1. The maximum absolute atomic E-state index is 14.2. The predicted octanol–water partition coefficient (Wildman–Crippen LogP) is 3.70. The third-order valence-electron chi connectivity index (χ3n) is 8.39. The Hall–Kier alpha value is -5.08. The number of nitrogens with zero attached hydrogens (tertiary/aromatic N) is 8. The van der Waals surface area contributed by atoms with Crippen LogP contribution < -0.4 is 20.9 Å². The highest BCUT2D eigenvalue weighted by Gasteiger charge is 2.40. The molecule has 5 aromatic rings. The van der Waals surface area contributed by atoms with Gasteiger partial charge in [0.15, 0.2) is 15.7 Å². The second-order valence-corrected chi connectivity index (χ2v) is 13.9. The van der Waals surface area contributed by atoms with Crippen LogP contribution in [-0.4, -0.2) is 74.9 Å². The molecule has 0 unspecified atom stereocenters. The Kier molecular flexibility index (Phi) is 7.32. The Bertz CT molecular complexity index is 2010. The number of carbonyl (C=O) groups excluding carboxylic acids is 1. The molecule has 3 N–H and O–H groups in total. The lowest BCUT2D eigenvalue weighted by Crippen LogP contribution is -2.48. The average Bonchev–Trinajstić information content (AvgIpc) is 3.76. The number of sulfone groups is 1. The summed E-state index contributed by atoms with van der Waals surface area (Å²) in [4.78, 5) is 28.2. The maximum Gasteiger partial charge on any atom is 0.327 e. The molecule has 2 bridgehead atoms. The molecule has 2 atom stereocenters. The molecule has 13 nitrogen and oxygen atoms in total. The van der Waals surface area contributed by atoms with Gasteiger partial charge >= 0.3 is 6.03 Å². The number of urea groups is 1. The van der Waals surface area contributed by atoms with E-state index in [-0.39, 0.29) is 22.7 Å². The molecule has 14 heteroatoms. The van der Waals surface area contributed by atoms with Crippen molar-refractivity contribution in [3.05, 3.63) is 73.1 Å². The van der Waals surface area contributed by atoms with Crippen LogP contribution in [0, 0.1) is 0 Å². The molecule has 1 fully saturated rings. The highest BCUT2D eigenvalue weighted by molar-refractivity contribution is 7.91. The molecule has 0 aliphatic carbocycles. The summed E-state index contributed by atoms with van der Waals surface area (Å²) in [6, 6.07) is 17.0. The summed E-state index contributed by atoms with van der Waals surface area (Å²) < 4.78 is 29.3. The number of aromatic nitrogens is 6. The molecule has 2 aliphatic rings. The lowest BCUT2D eigenvalue weighted by Gasteiger charge is -2.36. The topological polar surface area (TPSA) is 157 Å². The van der Waals surface area contributed by atoms with E-state index in [1.807, 2.05) is 56.6 Å². The van der Waals surface area contributed by atoms with Crippen LogP contribution in [0.3, 0.4) is 0 Å². The zero-order valence-corrected chi connectivity index (χ0v) is 26.5. The van der Waals surface area contributed by atoms with Crippen molar-refractivity contribution in [2.24, 2.45) is 19.8 Å². The van der Waals surface area contributed by atoms with E-state index in [2.05, 4.69) is 20.4 Å². The van der Waals surface area contributed by atoms with Gasteiger partial charge in [-0.05, 0) is 61.9 Å². The van der Waals surface area contributed by atoms with Crippen LogP contribution in [0.4, 0.5) is 22.0 Å². The largest absolute Gasteiger partial charge is 0.366 e.